The molecule has 0 atom stereocenters. The highest BCUT2D eigenvalue weighted by atomic mass is 79.9. The van der Waals surface area contributed by atoms with Crippen LogP contribution in [-0.4, -0.2) is 23.4 Å². The average Bonchev–Trinajstić information content (AvgIpc) is 2.62. The first-order valence-corrected chi connectivity index (χ1v) is 6.87. The van der Waals surface area contributed by atoms with E-state index >= 15 is 0 Å². The summed E-state index contributed by atoms with van der Waals surface area (Å²) in [7, 11) is 1.96. The predicted molar refractivity (Wildman–Crippen MR) is 78.8 cm³/mol. The van der Waals surface area contributed by atoms with Gasteiger partial charge in [0.05, 0.1) is 12.2 Å². The number of likely N-dealkylation sites (N-methyl/N-ethyl adjacent to an activating group) is 1. The van der Waals surface area contributed by atoms with Crippen LogP contribution in [0.2, 0.25) is 0 Å². The zero-order valence-corrected chi connectivity index (χ0v) is 12.6. The van der Waals surface area contributed by atoms with E-state index < -0.39 is 0 Å². The standard InChI is InChI=1S/C14H18BrN3/c1-10-14(12-5-4-6-13(15)9-12)11(2)18(17-10)8-7-16-3/h4-6,9,16H,7-8H2,1-3H3. The lowest BCUT2D eigenvalue weighted by atomic mass is 10.0. The molecule has 0 saturated heterocycles. The second-order valence-corrected chi connectivity index (χ2v) is 5.30. The molecule has 0 bridgehead atoms. The summed E-state index contributed by atoms with van der Waals surface area (Å²) in [5.74, 6) is 0. The molecular formula is C14H18BrN3. The molecule has 0 unspecified atom stereocenters. The van der Waals surface area contributed by atoms with E-state index in [1.54, 1.807) is 0 Å². The Morgan fingerprint density at radius 2 is 2.11 bits per heavy atom. The largest absolute Gasteiger partial charge is 0.318 e. The van der Waals surface area contributed by atoms with E-state index in [4.69, 9.17) is 0 Å². The first-order chi connectivity index (χ1) is 8.63. The molecular weight excluding hydrogens is 290 g/mol. The maximum absolute atomic E-state index is 4.62. The molecule has 0 aliphatic heterocycles. The van der Waals surface area contributed by atoms with Crippen LogP contribution in [-0.2, 0) is 6.54 Å². The lowest BCUT2D eigenvalue weighted by Crippen LogP contribution is -2.16. The van der Waals surface area contributed by atoms with Crippen molar-refractivity contribution in [2.45, 2.75) is 20.4 Å². The molecule has 0 aliphatic carbocycles. The van der Waals surface area contributed by atoms with Crippen molar-refractivity contribution < 1.29 is 0 Å². The van der Waals surface area contributed by atoms with Crippen molar-refractivity contribution >= 4 is 15.9 Å². The highest BCUT2D eigenvalue weighted by Gasteiger charge is 2.13. The maximum atomic E-state index is 4.62. The molecule has 0 amide bonds. The molecule has 2 aromatic rings. The van der Waals surface area contributed by atoms with Crippen LogP contribution in [0.4, 0.5) is 0 Å². The van der Waals surface area contributed by atoms with Gasteiger partial charge in [-0.05, 0) is 38.6 Å². The lowest BCUT2D eigenvalue weighted by Gasteiger charge is -2.05. The van der Waals surface area contributed by atoms with Crippen LogP contribution < -0.4 is 5.32 Å². The highest BCUT2D eigenvalue weighted by molar-refractivity contribution is 9.10. The quantitative estimate of drug-likeness (QED) is 0.940. The highest BCUT2D eigenvalue weighted by Crippen LogP contribution is 2.28. The van der Waals surface area contributed by atoms with Crippen molar-refractivity contribution in [2.24, 2.45) is 0 Å². The molecule has 0 spiro atoms. The van der Waals surface area contributed by atoms with Crippen LogP contribution in [0.3, 0.4) is 0 Å². The Hall–Kier alpha value is -1.13. The summed E-state index contributed by atoms with van der Waals surface area (Å²) in [4.78, 5) is 0. The van der Waals surface area contributed by atoms with Crippen LogP contribution in [0.25, 0.3) is 11.1 Å². The molecule has 2 rings (SSSR count). The van der Waals surface area contributed by atoms with Gasteiger partial charge in [-0.2, -0.15) is 5.10 Å². The van der Waals surface area contributed by atoms with E-state index in [1.807, 2.05) is 13.1 Å². The fourth-order valence-electron chi connectivity index (χ4n) is 2.19. The summed E-state index contributed by atoms with van der Waals surface area (Å²) < 4.78 is 3.17. The SMILES string of the molecule is CNCCn1nc(C)c(-c2cccc(Br)c2)c1C. The first-order valence-electron chi connectivity index (χ1n) is 6.08. The molecule has 0 aliphatic rings. The Balaban J connectivity index is 2.42. The van der Waals surface area contributed by atoms with E-state index in [-0.39, 0.29) is 0 Å². The van der Waals surface area contributed by atoms with Gasteiger partial charge in [0.25, 0.3) is 0 Å². The number of hydrogen-bond donors (Lipinski definition) is 1. The molecule has 1 aromatic carbocycles. The predicted octanol–water partition coefficient (Wildman–Crippen LogP) is 3.15. The van der Waals surface area contributed by atoms with Crippen molar-refractivity contribution in [3.63, 3.8) is 0 Å². The van der Waals surface area contributed by atoms with E-state index in [0.29, 0.717) is 0 Å². The lowest BCUT2D eigenvalue weighted by molar-refractivity contribution is 0.569. The summed E-state index contributed by atoms with van der Waals surface area (Å²) in [6.45, 7) is 6.03. The van der Waals surface area contributed by atoms with Crippen molar-refractivity contribution in [1.82, 2.24) is 15.1 Å². The molecule has 4 heteroatoms. The van der Waals surface area contributed by atoms with Crippen LogP contribution in [0.15, 0.2) is 28.7 Å². The minimum absolute atomic E-state index is 0.900. The zero-order valence-electron chi connectivity index (χ0n) is 11.0. The second-order valence-electron chi connectivity index (χ2n) is 4.38. The molecule has 0 fully saturated rings. The summed E-state index contributed by atoms with van der Waals surface area (Å²) >= 11 is 3.52. The number of aromatic nitrogens is 2. The molecule has 96 valence electrons. The number of hydrogen-bond acceptors (Lipinski definition) is 2. The van der Waals surface area contributed by atoms with Gasteiger partial charge in [-0.1, -0.05) is 28.1 Å². The number of nitrogens with one attached hydrogen (secondary N) is 1. The Kier molecular flexibility index (Phi) is 4.19. The smallest absolute Gasteiger partial charge is 0.0674 e. The molecule has 0 saturated carbocycles. The Labute approximate surface area is 116 Å². The molecule has 18 heavy (non-hydrogen) atoms. The maximum Gasteiger partial charge on any atom is 0.0674 e. The first kappa shape index (κ1) is 13.3. The minimum atomic E-state index is 0.900. The number of rotatable bonds is 4. The summed E-state index contributed by atoms with van der Waals surface area (Å²) in [6, 6.07) is 8.37. The van der Waals surface area contributed by atoms with Crippen molar-refractivity contribution in [3.8, 4) is 11.1 Å². The van der Waals surface area contributed by atoms with Gasteiger partial charge in [0.2, 0.25) is 0 Å². The van der Waals surface area contributed by atoms with E-state index in [9.17, 15) is 0 Å². The number of nitrogens with zero attached hydrogens (tertiary/aromatic N) is 2. The van der Waals surface area contributed by atoms with E-state index in [0.717, 1.165) is 23.3 Å². The van der Waals surface area contributed by atoms with Gasteiger partial charge in [-0.3, -0.25) is 4.68 Å². The van der Waals surface area contributed by atoms with Crippen LogP contribution in [0.5, 0.6) is 0 Å². The fraction of sp³-hybridized carbons (Fsp3) is 0.357. The Morgan fingerprint density at radius 1 is 1.33 bits per heavy atom. The number of aryl methyl sites for hydroxylation is 1. The fourth-order valence-corrected chi connectivity index (χ4v) is 2.59. The van der Waals surface area contributed by atoms with Crippen LogP contribution in [0, 0.1) is 13.8 Å². The second kappa shape index (κ2) is 5.67. The Bertz CT molecular complexity index is 546. The molecule has 1 N–H and O–H groups in total. The molecule has 3 nitrogen and oxygen atoms in total. The minimum Gasteiger partial charge on any atom is -0.318 e. The van der Waals surface area contributed by atoms with Gasteiger partial charge in [-0.15, -0.1) is 0 Å². The van der Waals surface area contributed by atoms with E-state index in [2.05, 4.69) is 63.1 Å². The topological polar surface area (TPSA) is 29.9 Å². The third kappa shape index (κ3) is 2.65. The third-order valence-electron chi connectivity index (χ3n) is 3.07. The van der Waals surface area contributed by atoms with Crippen molar-refractivity contribution in [1.29, 1.82) is 0 Å². The summed E-state index contributed by atoms with van der Waals surface area (Å²) in [5.41, 5.74) is 4.77. The number of benzene rings is 1. The Morgan fingerprint density at radius 3 is 2.78 bits per heavy atom. The summed E-state index contributed by atoms with van der Waals surface area (Å²) in [6.07, 6.45) is 0. The van der Waals surface area contributed by atoms with Crippen molar-refractivity contribution in [2.75, 3.05) is 13.6 Å². The van der Waals surface area contributed by atoms with Crippen LogP contribution >= 0.6 is 15.9 Å². The summed E-state index contributed by atoms with van der Waals surface area (Å²) in [5, 5.41) is 7.77. The van der Waals surface area contributed by atoms with Gasteiger partial charge in [0.1, 0.15) is 0 Å². The number of halogens is 1. The average molecular weight is 308 g/mol. The van der Waals surface area contributed by atoms with Gasteiger partial charge < -0.3 is 5.32 Å². The molecule has 1 heterocycles. The van der Waals surface area contributed by atoms with Gasteiger partial charge in [-0.25, -0.2) is 0 Å². The van der Waals surface area contributed by atoms with Gasteiger partial charge >= 0.3 is 0 Å². The zero-order chi connectivity index (χ0) is 13.1. The molecule has 0 radical (unpaired) electrons. The van der Waals surface area contributed by atoms with E-state index in [1.165, 1.54) is 16.8 Å². The normalized spacial score (nSPS) is 10.9. The van der Waals surface area contributed by atoms with Crippen molar-refractivity contribution in [3.05, 3.63) is 40.1 Å². The van der Waals surface area contributed by atoms with Crippen LogP contribution in [0.1, 0.15) is 11.4 Å². The van der Waals surface area contributed by atoms with Gasteiger partial charge in [0.15, 0.2) is 0 Å². The third-order valence-corrected chi connectivity index (χ3v) is 3.56. The monoisotopic (exact) mass is 307 g/mol. The van der Waals surface area contributed by atoms with Gasteiger partial charge in [0, 0.05) is 22.3 Å². The molecule has 1 aromatic heterocycles.